The second-order valence-corrected chi connectivity index (χ2v) is 9.68. The van der Waals surface area contributed by atoms with Gasteiger partial charge in [0.15, 0.2) is 0 Å². The molecular formula is C26H30N2O4S. The van der Waals surface area contributed by atoms with Gasteiger partial charge in [-0.2, -0.15) is 0 Å². The molecule has 1 amide bonds. The van der Waals surface area contributed by atoms with Crippen molar-refractivity contribution in [3.05, 3.63) is 89.5 Å². The van der Waals surface area contributed by atoms with Crippen LogP contribution in [0.15, 0.2) is 77.7 Å². The molecule has 0 aliphatic rings. The Morgan fingerprint density at radius 2 is 1.52 bits per heavy atom. The molecule has 0 fully saturated rings. The second-order valence-electron chi connectivity index (χ2n) is 7.82. The lowest BCUT2D eigenvalue weighted by Gasteiger charge is -2.26. The lowest BCUT2D eigenvalue weighted by atomic mass is 10.1. The largest absolute Gasteiger partial charge is 0.492 e. The van der Waals surface area contributed by atoms with Crippen molar-refractivity contribution in [2.24, 2.45) is 0 Å². The zero-order chi connectivity index (χ0) is 23.8. The van der Waals surface area contributed by atoms with E-state index in [0.717, 1.165) is 22.4 Å². The number of rotatable bonds is 10. The fourth-order valence-corrected chi connectivity index (χ4v) is 4.83. The summed E-state index contributed by atoms with van der Waals surface area (Å²) in [4.78, 5) is 12.9. The van der Waals surface area contributed by atoms with Crippen molar-refractivity contribution in [2.75, 3.05) is 24.0 Å². The van der Waals surface area contributed by atoms with Crippen LogP contribution in [0.5, 0.6) is 5.75 Å². The minimum atomic E-state index is -3.93. The molecular weight excluding hydrogens is 436 g/mol. The molecule has 0 aliphatic heterocycles. The van der Waals surface area contributed by atoms with Crippen LogP contribution in [0.25, 0.3) is 0 Å². The molecule has 7 heteroatoms. The summed E-state index contributed by atoms with van der Waals surface area (Å²) in [5, 5.41) is 2.76. The summed E-state index contributed by atoms with van der Waals surface area (Å²) in [5.74, 6) is 0.319. The molecule has 174 valence electrons. The highest BCUT2D eigenvalue weighted by Gasteiger charge is 2.28. The van der Waals surface area contributed by atoms with E-state index in [1.165, 1.54) is 4.31 Å². The van der Waals surface area contributed by atoms with Gasteiger partial charge in [-0.25, -0.2) is 8.42 Å². The molecule has 33 heavy (non-hydrogen) atoms. The van der Waals surface area contributed by atoms with E-state index in [1.807, 2.05) is 57.2 Å². The maximum absolute atomic E-state index is 13.5. The Kier molecular flexibility index (Phi) is 8.11. The molecule has 0 saturated carbocycles. The number of hydrogen-bond donors (Lipinski definition) is 1. The zero-order valence-electron chi connectivity index (χ0n) is 19.2. The lowest BCUT2D eigenvalue weighted by Crippen LogP contribution is -2.42. The van der Waals surface area contributed by atoms with Crippen LogP contribution in [-0.4, -0.2) is 34.0 Å². The van der Waals surface area contributed by atoms with Crippen LogP contribution in [0.3, 0.4) is 0 Å². The number of carbonyl (C=O) groups excluding carboxylic acids is 1. The molecule has 3 rings (SSSR count). The number of aryl methyl sites for hydroxylation is 3. The molecule has 0 heterocycles. The predicted molar refractivity (Wildman–Crippen MR) is 131 cm³/mol. The Morgan fingerprint density at radius 3 is 2.15 bits per heavy atom. The Bertz CT molecular complexity index is 1170. The summed E-state index contributed by atoms with van der Waals surface area (Å²) >= 11 is 0. The van der Waals surface area contributed by atoms with E-state index in [1.54, 1.807) is 36.4 Å². The summed E-state index contributed by atoms with van der Waals surface area (Å²) in [6.07, 6.45) is 0.641. The molecule has 0 spiro atoms. The Hall–Kier alpha value is -3.32. The van der Waals surface area contributed by atoms with Crippen LogP contribution in [0.4, 0.5) is 5.69 Å². The first-order valence-electron chi connectivity index (χ1n) is 10.9. The van der Waals surface area contributed by atoms with Crippen LogP contribution in [0.1, 0.15) is 23.6 Å². The molecule has 0 aromatic heterocycles. The first-order chi connectivity index (χ1) is 15.8. The predicted octanol–water partition coefficient (Wildman–Crippen LogP) is 4.26. The molecule has 0 saturated heterocycles. The third kappa shape index (κ3) is 6.35. The van der Waals surface area contributed by atoms with Gasteiger partial charge in [0.05, 0.1) is 17.1 Å². The van der Waals surface area contributed by atoms with Crippen LogP contribution in [0, 0.1) is 13.8 Å². The number of para-hydroxylation sites is 1. The number of anilines is 1. The highest BCUT2D eigenvalue weighted by molar-refractivity contribution is 7.92. The van der Waals surface area contributed by atoms with Crippen molar-refractivity contribution in [1.82, 2.24) is 5.32 Å². The maximum Gasteiger partial charge on any atom is 0.264 e. The molecule has 3 aromatic carbocycles. The molecule has 0 bridgehead atoms. The Labute approximate surface area is 196 Å². The van der Waals surface area contributed by atoms with Gasteiger partial charge in [0.2, 0.25) is 5.91 Å². The molecule has 0 atom stereocenters. The summed E-state index contributed by atoms with van der Waals surface area (Å²) in [6, 6.07) is 21.5. The first-order valence-corrected chi connectivity index (χ1v) is 12.4. The standard InChI is InChI=1S/C26H30N2O4S/c1-4-22-7-5-6-8-25(22)28(33(30,31)24-15-11-21(3)12-16-24)19-26(29)27-17-18-32-23-13-9-20(2)10-14-23/h5-16H,4,17-19H2,1-3H3,(H,27,29). The van der Waals surface area contributed by atoms with Crippen LogP contribution >= 0.6 is 0 Å². The van der Waals surface area contributed by atoms with Crippen molar-refractivity contribution in [1.29, 1.82) is 0 Å². The monoisotopic (exact) mass is 466 g/mol. The average Bonchev–Trinajstić information content (AvgIpc) is 2.81. The van der Waals surface area contributed by atoms with Crippen molar-refractivity contribution in [3.8, 4) is 5.75 Å². The van der Waals surface area contributed by atoms with E-state index >= 15 is 0 Å². The molecule has 1 N–H and O–H groups in total. The molecule has 0 radical (unpaired) electrons. The van der Waals surface area contributed by atoms with Gasteiger partial charge in [-0.1, -0.05) is 60.5 Å². The number of carbonyl (C=O) groups is 1. The normalized spacial score (nSPS) is 11.1. The second kappa shape index (κ2) is 11.0. The topological polar surface area (TPSA) is 75.7 Å². The summed E-state index contributed by atoms with van der Waals surface area (Å²) in [6.45, 7) is 6.07. The number of sulfonamides is 1. The third-order valence-corrected chi connectivity index (χ3v) is 7.03. The summed E-state index contributed by atoms with van der Waals surface area (Å²) in [7, 11) is -3.93. The van der Waals surface area contributed by atoms with Gasteiger partial charge in [0.1, 0.15) is 18.9 Å². The third-order valence-electron chi connectivity index (χ3n) is 5.25. The van der Waals surface area contributed by atoms with Crippen molar-refractivity contribution in [3.63, 3.8) is 0 Å². The van der Waals surface area contributed by atoms with Gasteiger partial charge in [-0.05, 0) is 56.2 Å². The number of ether oxygens (including phenoxy) is 1. The van der Waals surface area contributed by atoms with E-state index in [2.05, 4.69) is 5.32 Å². The fourth-order valence-electron chi connectivity index (χ4n) is 3.37. The molecule has 3 aromatic rings. The quantitative estimate of drug-likeness (QED) is 0.453. The first kappa shape index (κ1) is 24.3. The van der Waals surface area contributed by atoms with Gasteiger partial charge in [-0.15, -0.1) is 0 Å². The number of nitrogens with one attached hydrogen (secondary N) is 1. The van der Waals surface area contributed by atoms with Crippen molar-refractivity contribution >= 4 is 21.6 Å². The van der Waals surface area contributed by atoms with Gasteiger partial charge in [0, 0.05) is 0 Å². The summed E-state index contributed by atoms with van der Waals surface area (Å²) < 4.78 is 33.8. The van der Waals surface area contributed by atoms with E-state index in [9.17, 15) is 13.2 Å². The highest BCUT2D eigenvalue weighted by Crippen LogP contribution is 2.27. The minimum absolute atomic E-state index is 0.148. The lowest BCUT2D eigenvalue weighted by molar-refractivity contribution is -0.119. The maximum atomic E-state index is 13.5. The molecule has 0 aliphatic carbocycles. The van der Waals surface area contributed by atoms with Gasteiger partial charge < -0.3 is 10.1 Å². The smallest absolute Gasteiger partial charge is 0.264 e. The van der Waals surface area contributed by atoms with Crippen LogP contribution in [-0.2, 0) is 21.2 Å². The van der Waals surface area contributed by atoms with Crippen LogP contribution in [0.2, 0.25) is 0 Å². The Morgan fingerprint density at radius 1 is 0.909 bits per heavy atom. The molecule has 6 nitrogen and oxygen atoms in total. The van der Waals surface area contributed by atoms with Gasteiger partial charge in [0.25, 0.3) is 10.0 Å². The number of amides is 1. The number of benzene rings is 3. The van der Waals surface area contributed by atoms with Crippen molar-refractivity contribution < 1.29 is 17.9 Å². The average molecular weight is 467 g/mol. The number of nitrogens with zero attached hydrogens (tertiary/aromatic N) is 1. The Balaban J connectivity index is 1.74. The van der Waals surface area contributed by atoms with E-state index in [4.69, 9.17) is 4.74 Å². The van der Waals surface area contributed by atoms with E-state index in [0.29, 0.717) is 12.1 Å². The highest BCUT2D eigenvalue weighted by atomic mass is 32.2. The fraction of sp³-hybridized carbons (Fsp3) is 0.269. The number of hydrogen-bond acceptors (Lipinski definition) is 4. The van der Waals surface area contributed by atoms with Gasteiger partial charge in [-0.3, -0.25) is 9.10 Å². The summed E-state index contributed by atoms with van der Waals surface area (Å²) in [5.41, 5.74) is 3.45. The van der Waals surface area contributed by atoms with E-state index < -0.39 is 15.9 Å². The minimum Gasteiger partial charge on any atom is -0.492 e. The van der Waals surface area contributed by atoms with Crippen LogP contribution < -0.4 is 14.4 Å². The van der Waals surface area contributed by atoms with E-state index in [-0.39, 0.29) is 24.6 Å². The van der Waals surface area contributed by atoms with Gasteiger partial charge >= 0.3 is 0 Å². The SMILES string of the molecule is CCc1ccccc1N(CC(=O)NCCOc1ccc(C)cc1)S(=O)(=O)c1ccc(C)cc1. The van der Waals surface area contributed by atoms with Crippen molar-refractivity contribution in [2.45, 2.75) is 32.1 Å². The zero-order valence-corrected chi connectivity index (χ0v) is 20.1. The molecule has 0 unspecified atom stereocenters.